The van der Waals surface area contributed by atoms with E-state index < -0.39 is 29.1 Å². The van der Waals surface area contributed by atoms with Gasteiger partial charge in [0.05, 0.1) is 22.7 Å². The summed E-state index contributed by atoms with van der Waals surface area (Å²) in [4.78, 5) is 85.6. The summed E-state index contributed by atoms with van der Waals surface area (Å²) in [7, 11) is 0. The van der Waals surface area contributed by atoms with Crippen molar-refractivity contribution in [1.29, 1.82) is 0 Å². The molecule has 4 aliphatic rings. The number of hydrogen-bond acceptors (Lipinski definition) is 9. The van der Waals surface area contributed by atoms with Crippen molar-refractivity contribution in [2.45, 2.75) is 119 Å². The standard InChI is InChI=1S/C37H44N4O8.C9H20O/c1-22(42)23-18-24(21-38(20-23)35(47)49-36(2,3)4)31(43)41(25-12-13-25)26-14-15-30-29(19-26)39(34(46)37(5,6)48-30)16-9-17-40-32(44)27-10-7-8-11-28(27)33(40)45;1-5-10-7-9(4)6-8(2)3/h7-8,10-11,14-15,19,23-25H,9,12-13,16-18,20-21H2,1-6H3;8-9H,5-7H2,1-4H3. The number of ether oxygens (including phenoxy) is 3. The molecule has 3 heterocycles. The summed E-state index contributed by atoms with van der Waals surface area (Å²) < 4.78 is 17.0. The molecule has 5 amide bonds. The summed E-state index contributed by atoms with van der Waals surface area (Å²) in [6.45, 7) is 21.4. The number of hydrogen-bond donors (Lipinski definition) is 0. The van der Waals surface area contributed by atoms with E-state index in [0.29, 0.717) is 41.1 Å². The average Bonchev–Trinajstić information content (AvgIpc) is 3.97. The molecule has 3 unspecified atom stereocenters. The van der Waals surface area contributed by atoms with Crippen molar-refractivity contribution in [1.82, 2.24) is 9.80 Å². The normalized spacial score (nSPS) is 20.3. The van der Waals surface area contributed by atoms with Crippen LogP contribution in [0, 0.1) is 23.7 Å². The lowest BCUT2D eigenvalue weighted by atomic mass is 9.86. The van der Waals surface area contributed by atoms with Crippen LogP contribution in [0.5, 0.6) is 5.75 Å². The Kier molecular flexibility index (Phi) is 14.3. The maximum atomic E-state index is 14.3. The summed E-state index contributed by atoms with van der Waals surface area (Å²) in [5.41, 5.74) is -0.0709. The Bertz CT molecular complexity index is 1860. The van der Waals surface area contributed by atoms with E-state index in [1.165, 1.54) is 23.1 Å². The highest BCUT2D eigenvalue weighted by Gasteiger charge is 2.45. The van der Waals surface area contributed by atoms with Gasteiger partial charge in [-0.2, -0.15) is 0 Å². The van der Waals surface area contributed by atoms with Gasteiger partial charge in [0.25, 0.3) is 17.7 Å². The van der Waals surface area contributed by atoms with Crippen LogP contribution in [-0.4, -0.2) is 102 Å². The smallest absolute Gasteiger partial charge is 0.410 e. The number of benzene rings is 2. The molecule has 3 aliphatic heterocycles. The number of rotatable bonds is 13. The molecule has 13 heteroatoms. The largest absolute Gasteiger partial charge is 0.476 e. The highest BCUT2D eigenvalue weighted by molar-refractivity contribution is 6.21. The molecule has 2 fully saturated rings. The second kappa shape index (κ2) is 18.6. The third-order valence-corrected chi connectivity index (χ3v) is 10.9. The van der Waals surface area contributed by atoms with Gasteiger partial charge < -0.3 is 28.9 Å². The van der Waals surface area contributed by atoms with Gasteiger partial charge in [0.1, 0.15) is 17.1 Å². The molecule has 0 bridgehead atoms. The molecular weight excluding hydrogens is 753 g/mol. The average molecular weight is 817 g/mol. The molecule has 322 valence electrons. The van der Waals surface area contributed by atoms with E-state index in [9.17, 15) is 28.8 Å². The molecule has 2 aromatic rings. The highest BCUT2D eigenvalue weighted by atomic mass is 16.6. The summed E-state index contributed by atoms with van der Waals surface area (Å²) in [5, 5.41) is 0. The minimum atomic E-state index is -1.16. The first kappa shape index (κ1) is 45.3. The van der Waals surface area contributed by atoms with E-state index in [4.69, 9.17) is 14.2 Å². The van der Waals surface area contributed by atoms with Crippen molar-refractivity contribution in [2.24, 2.45) is 23.7 Å². The fourth-order valence-corrected chi connectivity index (χ4v) is 8.04. The predicted molar refractivity (Wildman–Crippen MR) is 226 cm³/mol. The second-order valence-electron chi connectivity index (χ2n) is 18.3. The Morgan fingerprint density at radius 2 is 1.53 bits per heavy atom. The zero-order valence-corrected chi connectivity index (χ0v) is 36.7. The minimum Gasteiger partial charge on any atom is -0.476 e. The lowest BCUT2D eigenvalue weighted by molar-refractivity contribution is -0.132. The number of anilines is 2. The van der Waals surface area contributed by atoms with E-state index in [0.717, 1.165) is 37.9 Å². The first-order chi connectivity index (χ1) is 27.7. The van der Waals surface area contributed by atoms with E-state index in [-0.39, 0.29) is 61.6 Å². The van der Waals surface area contributed by atoms with Gasteiger partial charge in [-0.15, -0.1) is 0 Å². The zero-order chi connectivity index (χ0) is 43.4. The Morgan fingerprint density at radius 1 is 0.915 bits per heavy atom. The SMILES string of the molecule is CC(=O)C1CC(C(=O)N(c2ccc3c(c2)N(CCCN2C(=O)c4ccccc4C2=O)C(=O)C(C)(C)O3)C2CC2)CN(C(=O)OC(C)(C)C)C1.CCOCC(C)CC(C)C. The number of likely N-dealkylation sites (tertiary alicyclic amines) is 1. The van der Waals surface area contributed by atoms with Crippen LogP contribution in [0.25, 0.3) is 0 Å². The highest BCUT2D eigenvalue weighted by Crippen LogP contribution is 2.43. The van der Waals surface area contributed by atoms with Gasteiger partial charge >= 0.3 is 6.09 Å². The fraction of sp³-hybridized carbons (Fsp3) is 0.609. The number of piperidine rings is 1. The Balaban J connectivity index is 0.000000586. The van der Waals surface area contributed by atoms with Gasteiger partial charge in [0, 0.05) is 57.0 Å². The first-order valence-corrected chi connectivity index (χ1v) is 21.2. The molecule has 59 heavy (non-hydrogen) atoms. The molecule has 1 saturated heterocycles. The maximum absolute atomic E-state index is 14.3. The van der Waals surface area contributed by atoms with Crippen molar-refractivity contribution >= 4 is 46.9 Å². The van der Waals surface area contributed by atoms with Crippen molar-refractivity contribution in [3.8, 4) is 5.75 Å². The van der Waals surface area contributed by atoms with Crippen molar-refractivity contribution in [3.63, 3.8) is 0 Å². The van der Waals surface area contributed by atoms with Crippen LogP contribution in [0.3, 0.4) is 0 Å². The Labute approximate surface area is 349 Å². The van der Waals surface area contributed by atoms with Crippen LogP contribution < -0.4 is 14.5 Å². The van der Waals surface area contributed by atoms with E-state index in [2.05, 4.69) is 20.8 Å². The van der Waals surface area contributed by atoms with Crippen LogP contribution in [0.4, 0.5) is 16.2 Å². The monoisotopic (exact) mass is 816 g/mol. The maximum Gasteiger partial charge on any atom is 0.410 e. The summed E-state index contributed by atoms with van der Waals surface area (Å²) in [6, 6.07) is 12.0. The zero-order valence-electron chi connectivity index (χ0n) is 36.7. The van der Waals surface area contributed by atoms with E-state index >= 15 is 0 Å². The topological polar surface area (TPSA) is 143 Å². The van der Waals surface area contributed by atoms with Crippen LogP contribution in [0.1, 0.15) is 122 Å². The predicted octanol–water partition coefficient (Wildman–Crippen LogP) is 7.54. The molecule has 0 spiro atoms. The molecular formula is C46H64N4O9. The number of amides is 5. The number of ketones is 1. The van der Waals surface area contributed by atoms with Crippen LogP contribution >= 0.6 is 0 Å². The number of fused-ring (bicyclic) bond motifs is 2. The lowest BCUT2D eigenvalue weighted by Gasteiger charge is -2.40. The number of carbonyl (C=O) groups is 6. The summed E-state index contributed by atoms with van der Waals surface area (Å²) in [5.74, 6) is -0.391. The number of nitrogens with zero attached hydrogens (tertiary/aromatic N) is 4. The quantitative estimate of drug-likeness (QED) is 0.188. The molecule has 6 rings (SSSR count). The third-order valence-electron chi connectivity index (χ3n) is 10.9. The van der Waals surface area contributed by atoms with Crippen molar-refractivity contribution in [2.75, 3.05) is 49.2 Å². The van der Waals surface area contributed by atoms with Crippen LogP contribution in [0.15, 0.2) is 42.5 Å². The number of Topliss-reactive ketones (excluding diaryl/α,β-unsaturated/α-hetero) is 1. The van der Waals surface area contributed by atoms with E-state index in [1.807, 2.05) is 6.92 Å². The van der Waals surface area contributed by atoms with Gasteiger partial charge in [-0.1, -0.05) is 32.9 Å². The second-order valence-corrected chi connectivity index (χ2v) is 18.3. The number of carbonyl (C=O) groups excluding carboxylic acids is 6. The molecule has 3 atom stereocenters. The van der Waals surface area contributed by atoms with Crippen LogP contribution in [-0.2, 0) is 23.9 Å². The van der Waals surface area contributed by atoms with Gasteiger partial charge in [0.15, 0.2) is 5.60 Å². The molecule has 13 nitrogen and oxygen atoms in total. The molecule has 0 N–H and O–H groups in total. The molecule has 1 aliphatic carbocycles. The third kappa shape index (κ3) is 11.1. The van der Waals surface area contributed by atoms with Gasteiger partial charge in [-0.05, 0) is 123 Å². The van der Waals surface area contributed by atoms with Crippen molar-refractivity contribution in [3.05, 3.63) is 53.6 Å². The summed E-state index contributed by atoms with van der Waals surface area (Å²) in [6.07, 6.45) is 2.97. The molecule has 0 radical (unpaired) electrons. The van der Waals surface area contributed by atoms with Gasteiger partial charge in [-0.3, -0.25) is 28.9 Å². The first-order valence-electron chi connectivity index (χ1n) is 21.2. The molecule has 1 saturated carbocycles. The molecule has 0 aromatic heterocycles. The number of imide groups is 1. The molecule has 2 aromatic carbocycles. The summed E-state index contributed by atoms with van der Waals surface area (Å²) >= 11 is 0. The van der Waals surface area contributed by atoms with Crippen LogP contribution in [0.2, 0.25) is 0 Å². The Morgan fingerprint density at radius 3 is 2.08 bits per heavy atom. The van der Waals surface area contributed by atoms with Gasteiger partial charge in [-0.25, -0.2) is 4.79 Å². The Hall–Kier alpha value is -4.78. The lowest BCUT2D eigenvalue weighted by Crippen LogP contribution is -2.53. The van der Waals surface area contributed by atoms with E-state index in [1.54, 1.807) is 86.9 Å². The minimum absolute atomic E-state index is 0.0582. The van der Waals surface area contributed by atoms with Crippen molar-refractivity contribution < 1.29 is 43.0 Å². The van der Waals surface area contributed by atoms with Gasteiger partial charge in [0.2, 0.25) is 5.91 Å². The fourth-order valence-electron chi connectivity index (χ4n) is 8.04.